The van der Waals surface area contributed by atoms with Crippen LogP contribution in [-0.2, 0) is 11.3 Å². The molecule has 0 spiro atoms. The van der Waals surface area contributed by atoms with E-state index in [4.69, 9.17) is 0 Å². The lowest BCUT2D eigenvalue weighted by atomic mass is 9.91. The van der Waals surface area contributed by atoms with Gasteiger partial charge in [0.05, 0.1) is 0 Å². The number of rotatable bonds is 7. The third-order valence-electron chi connectivity index (χ3n) is 5.84. The van der Waals surface area contributed by atoms with Crippen LogP contribution in [0.5, 0.6) is 0 Å². The highest BCUT2D eigenvalue weighted by Crippen LogP contribution is 2.23. The smallest absolute Gasteiger partial charge is 0.253 e. The summed E-state index contributed by atoms with van der Waals surface area (Å²) >= 11 is 0. The van der Waals surface area contributed by atoms with Gasteiger partial charge < -0.3 is 10.2 Å². The van der Waals surface area contributed by atoms with Crippen LogP contribution in [0.2, 0.25) is 0 Å². The van der Waals surface area contributed by atoms with Crippen molar-refractivity contribution in [1.29, 1.82) is 0 Å². The number of amides is 2. The topological polar surface area (TPSA) is 49.4 Å². The highest BCUT2D eigenvalue weighted by atomic mass is 16.2. The molecule has 0 atom stereocenters. The lowest BCUT2D eigenvalue weighted by molar-refractivity contribution is -0.121. The lowest BCUT2D eigenvalue weighted by Gasteiger charge is -2.32. The predicted octanol–water partition coefficient (Wildman–Crippen LogP) is 4.76. The molecule has 0 aromatic heterocycles. The maximum atomic E-state index is 12.5. The summed E-state index contributed by atoms with van der Waals surface area (Å²) in [5.74, 6) is 1.27. The monoisotopic (exact) mass is 392 g/mol. The van der Waals surface area contributed by atoms with Gasteiger partial charge in [-0.05, 0) is 54.4 Å². The molecule has 4 heteroatoms. The average molecular weight is 393 g/mol. The Bertz CT molecular complexity index is 791. The van der Waals surface area contributed by atoms with Crippen molar-refractivity contribution >= 4 is 11.8 Å². The van der Waals surface area contributed by atoms with Crippen LogP contribution in [0.15, 0.2) is 54.6 Å². The third-order valence-corrected chi connectivity index (χ3v) is 5.84. The van der Waals surface area contributed by atoms with Gasteiger partial charge in [0.2, 0.25) is 5.91 Å². The van der Waals surface area contributed by atoms with Crippen molar-refractivity contribution in [3.63, 3.8) is 0 Å². The number of benzene rings is 2. The summed E-state index contributed by atoms with van der Waals surface area (Å²) in [5.41, 5.74) is 3.21. The molecule has 1 saturated heterocycles. The standard InChI is InChI=1S/C25H32N2O2/c1-19(2)22-11-8-21(9-12-22)18-26-24(28)13-10-20-14-16-27(17-15-20)25(29)23-6-4-3-5-7-23/h3-9,11-12,19-20H,10,13-18H2,1-2H3,(H,26,28). The molecular formula is C25H32N2O2. The molecule has 154 valence electrons. The van der Waals surface area contributed by atoms with Gasteiger partial charge in [-0.2, -0.15) is 0 Å². The van der Waals surface area contributed by atoms with Crippen LogP contribution in [0.4, 0.5) is 0 Å². The fourth-order valence-corrected chi connectivity index (χ4v) is 3.83. The highest BCUT2D eigenvalue weighted by Gasteiger charge is 2.23. The minimum absolute atomic E-state index is 0.112. The first kappa shape index (κ1) is 21.1. The molecule has 0 radical (unpaired) electrons. The van der Waals surface area contributed by atoms with Gasteiger partial charge in [0.1, 0.15) is 0 Å². The van der Waals surface area contributed by atoms with Crippen LogP contribution in [0.3, 0.4) is 0 Å². The van der Waals surface area contributed by atoms with Crippen molar-refractivity contribution < 1.29 is 9.59 Å². The van der Waals surface area contributed by atoms with Crippen LogP contribution in [0.1, 0.15) is 66.9 Å². The summed E-state index contributed by atoms with van der Waals surface area (Å²) in [4.78, 5) is 26.7. The van der Waals surface area contributed by atoms with E-state index in [1.54, 1.807) is 0 Å². The lowest BCUT2D eigenvalue weighted by Crippen LogP contribution is -2.38. The predicted molar refractivity (Wildman–Crippen MR) is 117 cm³/mol. The maximum absolute atomic E-state index is 12.5. The molecular weight excluding hydrogens is 360 g/mol. The number of nitrogens with one attached hydrogen (secondary N) is 1. The number of nitrogens with zero attached hydrogens (tertiary/aromatic N) is 1. The molecule has 0 aliphatic carbocycles. The fraction of sp³-hybridized carbons (Fsp3) is 0.440. The Labute approximate surface area is 174 Å². The van der Waals surface area contributed by atoms with Gasteiger partial charge in [-0.15, -0.1) is 0 Å². The van der Waals surface area contributed by atoms with E-state index in [2.05, 4.69) is 43.4 Å². The van der Waals surface area contributed by atoms with Crippen LogP contribution in [-0.4, -0.2) is 29.8 Å². The first-order valence-electron chi connectivity index (χ1n) is 10.7. The zero-order valence-electron chi connectivity index (χ0n) is 17.6. The molecule has 2 aromatic rings. The molecule has 1 aliphatic rings. The summed E-state index contributed by atoms with van der Waals surface area (Å²) in [6.07, 6.45) is 3.40. The summed E-state index contributed by atoms with van der Waals surface area (Å²) < 4.78 is 0. The Kier molecular flexibility index (Phi) is 7.45. The van der Waals surface area contributed by atoms with E-state index < -0.39 is 0 Å². The van der Waals surface area contributed by atoms with Gasteiger partial charge in [-0.25, -0.2) is 0 Å². The van der Waals surface area contributed by atoms with Crippen molar-refractivity contribution in [2.45, 2.75) is 52.0 Å². The molecule has 2 amide bonds. The van der Waals surface area contributed by atoms with Crippen molar-refractivity contribution in [2.24, 2.45) is 5.92 Å². The number of carbonyl (C=O) groups excluding carboxylic acids is 2. The normalized spacial score (nSPS) is 14.8. The summed E-state index contributed by atoms with van der Waals surface area (Å²) in [6, 6.07) is 17.9. The molecule has 0 unspecified atom stereocenters. The zero-order chi connectivity index (χ0) is 20.6. The summed E-state index contributed by atoms with van der Waals surface area (Å²) in [5, 5.41) is 3.03. The van der Waals surface area contributed by atoms with E-state index in [-0.39, 0.29) is 11.8 Å². The van der Waals surface area contributed by atoms with Gasteiger partial charge >= 0.3 is 0 Å². The second kappa shape index (κ2) is 10.2. The van der Waals surface area contributed by atoms with Crippen molar-refractivity contribution in [1.82, 2.24) is 10.2 Å². The van der Waals surface area contributed by atoms with E-state index in [1.807, 2.05) is 35.2 Å². The highest BCUT2D eigenvalue weighted by molar-refractivity contribution is 5.94. The quantitative estimate of drug-likeness (QED) is 0.739. The molecule has 1 aliphatic heterocycles. The number of carbonyl (C=O) groups is 2. The van der Waals surface area contributed by atoms with Crippen LogP contribution in [0, 0.1) is 5.92 Å². The maximum Gasteiger partial charge on any atom is 0.253 e. The Morgan fingerprint density at radius 2 is 1.66 bits per heavy atom. The minimum Gasteiger partial charge on any atom is -0.352 e. The van der Waals surface area contributed by atoms with E-state index >= 15 is 0 Å². The van der Waals surface area contributed by atoms with E-state index in [1.165, 1.54) is 5.56 Å². The van der Waals surface area contributed by atoms with Crippen LogP contribution >= 0.6 is 0 Å². The van der Waals surface area contributed by atoms with E-state index in [0.717, 1.165) is 43.5 Å². The molecule has 0 bridgehead atoms. The van der Waals surface area contributed by atoms with Crippen molar-refractivity contribution in [2.75, 3.05) is 13.1 Å². The number of likely N-dealkylation sites (tertiary alicyclic amines) is 1. The Morgan fingerprint density at radius 3 is 2.28 bits per heavy atom. The summed E-state index contributed by atoms with van der Waals surface area (Å²) in [6.45, 7) is 6.50. The van der Waals surface area contributed by atoms with Gasteiger partial charge in [-0.3, -0.25) is 9.59 Å². The number of piperidine rings is 1. The Hall–Kier alpha value is -2.62. The first-order valence-corrected chi connectivity index (χ1v) is 10.7. The number of hydrogen-bond acceptors (Lipinski definition) is 2. The van der Waals surface area contributed by atoms with E-state index in [0.29, 0.717) is 24.8 Å². The Balaban J connectivity index is 1.35. The van der Waals surface area contributed by atoms with Crippen LogP contribution < -0.4 is 5.32 Å². The average Bonchev–Trinajstić information content (AvgIpc) is 2.77. The molecule has 29 heavy (non-hydrogen) atoms. The second-order valence-corrected chi connectivity index (χ2v) is 8.31. The van der Waals surface area contributed by atoms with Crippen molar-refractivity contribution in [3.8, 4) is 0 Å². The third kappa shape index (κ3) is 6.18. The molecule has 4 nitrogen and oxygen atoms in total. The molecule has 3 rings (SSSR count). The van der Waals surface area contributed by atoms with Gasteiger partial charge in [-0.1, -0.05) is 56.3 Å². The van der Waals surface area contributed by atoms with Gasteiger partial charge in [0, 0.05) is 31.6 Å². The largest absolute Gasteiger partial charge is 0.352 e. The van der Waals surface area contributed by atoms with E-state index in [9.17, 15) is 9.59 Å². The second-order valence-electron chi connectivity index (χ2n) is 8.31. The fourth-order valence-electron chi connectivity index (χ4n) is 3.83. The minimum atomic E-state index is 0.112. The van der Waals surface area contributed by atoms with Gasteiger partial charge in [0.15, 0.2) is 0 Å². The molecule has 1 N–H and O–H groups in total. The molecule has 1 heterocycles. The van der Waals surface area contributed by atoms with Crippen LogP contribution in [0.25, 0.3) is 0 Å². The number of hydrogen-bond donors (Lipinski definition) is 1. The molecule has 2 aromatic carbocycles. The Morgan fingerprint density at radius 1 is 1.00 bits per heavy atom. The first-order chi connectivity index (χ1) is 14.0. The molecule has 1 fully saturated rings. The summed E-state index contributed by atoms with van der Waals surface area (Å²) in [7, 11) is 0. The van der Waals surface area contributed by atoms with Gasteiger partial charge in [0.25, 0.3) is 5.91 Å². The zero-order valence-corrected chi connectivity index (χ0v) is 17.6. The SMILES string of the molecule is CC(C)c1ccc(CNC(=O)CCC2CCN(C(=O)c3ccccc3)CC2)cc1. The van der Waals surface area contributed by atoms with Crippen molar-refractivity contribution in [3.05, 3.63) is 71.3 Å². The molecule has 0 saturated carbocycles.